The van der Waals surface area contributed by atoms with Gasteiger partial charge in [-0.3, -0.25) is 4.90 Å². The van der Waals surface area contributed by atoms with Crippen molar-refractivity contribution in [2.24, 2.45) is 0 Å². The van der Waals surface area contributed by atoms with Gasteiger partial charge in [-0.2, -0.15) is 0 Å². The van der Waals surface area contributed by atoms with Gasteiger partial charge in [0.25, 0.3) is 0 Å². The Morgan fingerprint density at radius 2 is 2.10 bits per heavy atom. The SMILES string of the molecule is O=C(O)c1ccc(CN2CCN(c3nncs3)CC2)s1. The lowest BCUT2D eigenvalue weighted by Gasteiger charge is -2.33. The summed E-state index contributed by atoms with van der Waals surface area (Å²) in [7, 11) is 0. The molecule has 1 fully saturated rings. The number of hydrogen-bond donors (Lipinski definition) is 1. The molecule has 6 nitrogen and oxygen atoms in total. The van der Waals surface area contributed by atoms with Crippen molar-refractivity contribution in [3.63, 3.8) is 0 Å². The predicted octanol–water partition coefficient (Wildman–Crippen LogP) is 1.62. The molecule has 0 bridgehead atoms. The quantitative estimate of drug-likeness (QED) is 0.925. The monoisotopic (exact) mass is 310 g/mol. The van der Waals surface area contributed by atoms with Gasteiger partial charge in [-0.15, -0.1) is 21.5 Å². The van der Waals surface area contributed by atoms with E-state index in [9.17, 15) is 4.79 Å². The van der Waals surface area contributed by atoms with Crippen LogP contribution in [0.25, 0.3) is 0 Å². The van der Waals surface area contributed by atoms with Gasteiger partial charge >= 0.3 is 5.97 Å². The van der Waals surface area contributed by atoms with Gasteiger partial charge in [0.1, 0.15) is 10.4 Å². The van der Waals surface area contributed by atoms with Gasteiger partial charge in [-0.1, -0.05) is 11.3 Å². The van der Waals surface area contributed by atoms with Crippen molar-refractivity contribution in [1.82, 2.24) is 15.1 Å². The molecule has 0 amide bonds. The smallest absolute Gasteiger partial charge is 0.345 e. The van der Waals surface area contributed by atoms with Crippen LogP contribution >= 0.6 is 22.7 Å². The minimum atomic E-state index is -0.845. The molecule has 2 aromatic rings. The maximum absolute atomic E-state index is 10.9. The molecule has 0 aliphatic carbocycles. The number of nitrogens with zero attached hydrogens (tertiary/aromatic N) is 4. The number of aromatic nitrogens is 2. The van der Waals surface area contributed by atoms with Crippen molar-refractivity contribution in [3.8, 4) is 0 Å². The summed E-state index contributed by atoms with van der Waals surface area (Å²) in [5.74, 6) is -0.845. The summed E-state index contributed by atoms with van der Waals surface area (Å²) in [6.07, 6.45) is 0. The molecule has 0 atom stereocenters. The van der Waals surface area contributed by atoms with Crippen molar-refractivity contribution < 1.29 is 9.90 Å². The molecule has 0 radical (unpaired) electrons. The summed E-state index contributed by atoms with van der Waals surface area (Å²) in [6, 6.07) is 3.59. The van der Waals surface area contributed by atoms with Crippen LogP contribution in [0.2, 0.25) is 0 Å². The average Bonchev–Trinajstić information content (AvgIpc) is 3.10. The molecule has 3 rings (SSSR count). The lowest BCUT2D eigenvalue weighted by Crippen LogP contribution is -2.45. The molecule has 0 spiro atoms. The third-order valence-electron chi connectivity index (χ3n) is 3.24. The fraction of sp³-hybridized carbons (Fsp3) is 0.417. The lowest BCUT2D eigenvalue weighted by molar-refractivity contribution is 0.0702. The minimum absolute atomic E-state index is 0.410. The Labute approximate surface area is 124 Å². The van der Waals surface area contributed by atoms with Crippen LogP contribution in [0.5, 0.6) is 0 Å². The third-order valence-corrected chi connectivity index (χ3v) is 5.05. The van der Waals surface area contributed by atoms with Crippen LogP contribution in [-0.2, 0) is 6.54 Å². The minimum Gasteiger partial charge on any atom is -0.477 e. The number of thiophene rings is 1. The zero-order valence-corrected chi connectivity index (χ0v) is 12.4. The molecule has 2 aromatic heterocycles. The van der Waals surface area contributed by atoms with Gasteiger partial charge in [-0.25, -0.2) is 4.79 Å². The first-order valence-electron chi connectivity index (χ1n) is 6.28. The van der Waals surface area contributed by atoms with E-state index in [-0.39, 0.29) is 0 Å². The fourth-order valence-corrected chi connectivity index (χ4v) is 3.70. The Morgan fingerprint density at radius 1 is 1.30 bits per heavy atom. The molecule has 1 N–H and O–H groups in total. The largest absolute Gasteiger partial charge is 0.477 e. The fourth-order valence-electron chi connectivity index (χ4n) is 2.20. The van der Waals surface area contributed by atoms with E-state index in [1.54, 1.807) is 22.9 Å². The molecule has 8 heteroatoms. The Kier molecular flexibility index (Phi) is 3.95. The van der Waals surface area contributed by atoms with Crippen LogP contribution in [0, 0.1) is 0 Å². The number of anilines is 1. The second kappa shape index (κ2) is 5.86. The van der Waals surface area contributed by atoms with Crippen LogP contribution in [0.1, 0.15) is 14.5 Å². The Morgan fingerprint density at radius 3 is 2.70 bits per heavy atom. The average molecular weight is 310 g/mol. The molecule has 1 aliphatic rings. The van der Waals surface area contributed by atoms with E-state index in [1.807, 2.05) is 6.07 Å². The Bertz CT molecular complexity index is 576. The highest BCUT2D eigenvalue weighted by atomic mass is 32.1. The van der Waals surface area contributed by atoms with Crippen molar-refractivity contribution in [2.45, 2.75) is 6.54 Å². The van der Waals surface area contributed by atoms with Crippen LogP contribution in [0.3, 0.4) is 0 Å². The molecule has 3 heterocycles. The molecule has 106 valence electrons. The van der Waals surface area contributed by atoms with Crippen molar-refractivity contribution >= 4 is 33.8 Å². The van der Waals surface area contributed by atoms with Crippen LogP contribution in [0.4, 0.5) is 5.13 Å². The number of piperazine rings is 1. The van der Waals surface area contributed by atoms with E-state index >= 15 is 0 Å². The summed E-state index contributed by atoms with van der Waals surface area (Å²) in [5, 5.41) is 17.9. The Hall–Kier alpha value is -1.51. The van der Waals surface area contributed by atoms with Crippen molar-refractivity contribution in [3.05, 3.63) is 27.4 Å². The van der Waals surface area contributed by atoms with Crippen LogP contribution < -0.4 is 4.90 Å². The number of aromatic carboxylic acids is 1. The zero-order valence-electron chi connectivity index (χ0n) is 10.7. The highest BCUT2D eigenvalue weighted by Gasteiger charge is 2.19. The van der Waals surface area contributed by atoms with E-state index in [4.69, 9.17) is 5.11 Å². The summed E-state index contributed by atoms with van der Waals surface area (Å²) in [4.78, 5) is 17.0. The molecule has 1 aliphatic heterocycles. The first-order chi connectivity index (χ1) is 9.72. The molecular formula is C12H14N4O2S2. The van der Waals surface area contributed by atoms with Gasteiger partial charge in [0.15, 0.2) is 0 Å². The number of carboxylic acids is 1. The van der Waals surface area contributed by atoms with E-state index < -0.39 is 5.97 Å². The number of rotatable bonds is 4. The summed E-state index contributed by atoms with van der Waals surface area (Å²) in [5.41, 5.74) is 1.75. The summed E-state index contributed by atoms with van der Waals surface area (Å²) >= 11 is 2.92. The second-order valence-electron chi connectivity index (χ2n) is 4.56. The van der Waals surface area contributed by atoms with E-state index in [0.29, 0.717) is 4.88 Å². The molecular weight excluding hydrogens is 296 g/mol. The van der Waals surface area contributed by atoms with Gasteiger partial charge < -0.3 is 10.0 Å². The lowest BCUT2D eigenvalue weighted by atomic mass is 10.3. The van der Waals surface area contributed by atoms with Gasteiger partial charge in [0.2, 0.25) is 5.13 Å². The number of carboxylic acid groups (broad SMARTS) is 1. The zero-order chi connectivity index (χ0) is 13.9. The molecule has 0 saturated carbocycles. The standard InChI is InChI=1S/C12H14N4O2S2/c17-11(18)10-2-1-9(20-10)7-15-3-5-16(6-4-15)12-14-13-8-19-12/h1-2,8H,3-7H2,(H,17,18). The van der Waals surface area contributed by atoms with E-state index in [0.717, 1.165) is 42.7 Å². The summed E-state index contributed by atoms with van der Waals surface area (Å²) < 4.78 is 0. The van der Waals surface area contributed by atoms with Gasteiger partial charge in [-0.05, 0) is 12.1 Å². The topological polar surface area (TPSA) is 69.6 Å². The van der Waals surface area contributed by atoms with E-state index in [1.165, 1.54) is 11.3 Å². The molecule has 0 aromatic carbocycles. The maximum Gasteiger partial charge on any atom is 0.345 e. The van der Waals surface area contributed by atoms with Gasteiger partial charge in [0, 0.05) is 37.6 Å². The normalized spacial score (nSPS) is 16.5. The number of carbonyl (C=O) groups is 1. The third kappa shape index (κ3) is 2.97. The van der Waals surface area contributed by atoms with Crippen LogP contribution in [-0.4, -0.2) is 52.4 Å². The molecule has 1 saturated heterocycles. The molecule has 20 heavy (non-hydrogen) atoms. The maximum atomic E-state index is 10.9. The number of hydrogen-bond acceptors (Lipinski definition) is 7. The highest BCUT2D eigenvalue weighted by molar-refractivity contribution is 7.14. The molecule has 0 unspecified atom stereocenters. The first kappa shape index (κ1) is 13.5. The highest BCUT2D eigenvalue weighted by Crippen LogP contribution is 2.21. The predicted molar refractivity (Wildman–Crippen MR) is 78.7 cm³/mol. The summed E-state index contributed by atoms with van der Waals surface area (Å²) in [6.45, 7) is 4.61. The van der Waals surface area contributed by atoms with Crippen molar-refractivity contribution in [2.75, 3.05) is 31.1 Å². The Balaban J connectivity index is 1.54. The van der Waals surface area contributed by atoms with Crippen LogP contribution in [0.15, 0.2) is 17.6 Å². The van der Waals surface area contributed by atoms with Gasteiger partial charge in [0.05, 0.1) is 0 Å². The van der Waals surface area contributed by atoms with Crippen molar-refractivity contribution in [1.29, 1.82) is 0 Å². The second-order valence-corrected chi connectivity index (χ2v) is 6.54. The van der Waals surface area contributed by atoms with E-state index in [2.05, 4.69) is 20.0 Å². The first-order valence-corrected chi connectivity index (χ1v) is 7.97.